The van der Waals surface area contributed by atoms with Gasteiger partial charge in [-0.3, -0.25) is 14.8 Å². The highest BCUT2D eigenvalue weighted by Crippen LogP contribution is 2.21. The summed E-state index contributed by atoms with van der Waals surface area (Å²) in [5, 5.41) is 9.77. The molecule has 0 spiro atoms. The number of amides is 1. The van der Waals surface area contributed by atoms with E-state index in [4.69, 9.17) is 4.99 Å². The van der Waals surface area contributed by atoms with Gasteiger partial charge in [0.2, 0.25) is 5.91 Å². The molecule has 1 fully saturated rings. The quantitative estimate of drug-likeness (QED) is 0.661. The molecule has 1 amide bonds. The second-order valence-electron chi connectivity index (χ2n) is 6.91. The summed E-state index contributed by atoms with van der Waals surface area (Å²) in [5.74, 6) is 1.79. The molecular formula is C20H32N6O. The van der Waals surface area contributed by atoms with E-state index in [2.05, 4.69) is 27.0 Å². The zero-order valence-corrected chi connectivity index (χ0v) is 17.1. The Labute approximate surface area is 162 Å². The van der Waals surface area contributed by atoms with Crippen molar-refractivity contribution in [2.45, 2.75) is 39.2 Å². The van der Waals surface area contributed by atoms with Gasteiger partial charge in [-0.15, -0.1) is 0 Å². The average Bonchev–Trinajstić information content (AvgIpc) is 3.15. The molecule has 0 aromatic heterocycles. The van der Waals surface area contributed by atoms with Crippen LogP contribution < -0.4 is 16.0 Å². The predicted octanol–water partition coefficient (Wildman–Crippen LogP) is 1.57. The van der Waals surface area contributed by atoms with Gasteiger partial charge in [-0.25, -0.2) is 0 Å². The van der Waals surface area contributed by atoms with Gasteiger partial charge in [-0.1, -0.05) is 13.0 Å². The SMILES string of the molecule is CCN(C)C(=O)[C@@](C)(CC)N=C1CCNC(=C2C=NC/C2=C\C=C/NC)N1. The van der Waals surface area contributed by atoms with E-state index < -0.39 is 5.54 Å². The van der Waals surface area contributed by atoms with Crippen LogP contribution in [0, 0.1) is 0 Å². The normalized spacial score (nSPS) is 24.8. The number of amidine groups is 1. The Kier molecular flexibility index (Phi) is 7.21. The van der Waals surface area contributed by atoms with E-state index >= 15 is 0 Å². The van der Waals surface area contributed by atoms with E-state index in [-0.39, 0.29) is 5.91 Å². The molecule has 148 valence electrons. The van der Waals surface area contributed by atoms with Crippen LogP contribution in [-0.4, -0.2) is 62.1 Å². The third-order valence-electron chi connectivity index (χ3n) is 4.94. The predicted molar refractivity (Wildman–Crippen MR) is 112 cm³/mol. The van der Waals surface area contributed by atoms with Crippen LogP contribution in [0.25, 0.3) is 0 Å². The number of nitrogens with one attached hydrogen (secondary N) is 3. The number of rotatable bonds is 6. The number of carbonyl (C=O) groups is 1. The summed E-state index contributed by atoms with van der Waals surface area (Å²) in [6.07, 6.45) is 9.19. The fourth-order valence-corrected chi connectivity index (χ4v) is 2.97. The first-order valence-electron chi connectivity index (χ1n) is 9.57. The smallest absolute Gasteiger partial charge is 0.249 e. The minimum Gasteiger partial charge on any atom is -0.394 e. The zero-order chi connectivity index (χ0) is 19.9. The number of likely N-dealkylation sites (N-methyl/N-ethyl adjacent to an activating group) is 1. The van der Waals surface area contributed by atoms with Crippen LogP contribution in [-0.2, 0) is 4.79 Å². The molecule has 7 heteroatoms. The fraction of sp³-hybridized carbons (Fsp3) is 0.550. The first-order valence-corrected chi connectivity index (χ1v) is 9.57. The molecule has 0 aromatic carbocycles. The molecule has 2 aliphatic heterocycles. The molecule has 2 aliphatic rings. The highest BCUT2D eigenvalue weighted by Gasteiger charge is 2.34. The number of allylic oxidation sites excluding steroid dienone is 2. The standard InChI is InChI=1S/C20H32N6O/c1-6-20(3,19(27)26(5)7-2)25-17-10-12-23-18(24-17)16-14-22-13-15(16)9-8-11-21-4/h8-9,11,14,21,23H,6-7,10,12-13H2,1-5H3,(H,24,25)/b11-8-,15-9+,18-16?/t20-/m1/s1. The second-order valence-corrected chi connectivity index (χ2v) is 6.91. The largest absolute Gasteiger partial charge is 0.394 e. The Bertz CT molecular complexity index is 703. The Morgan fingerprint density at radius 3 is 2.93 bits per heavy atom. The van der Waals surface area contributed by atoms with Gasteiger partial charge in [-0.05, 0) is 38.1 Å². The monoisotopic (exact) mass is 372 g/mol. The van der Waals surface area contributed by atoms with Gasteiger partial charge >= 0.3 is 0 Å². The number of aliphatic imine (C=N–C) groups is 2. The van der Waals surface area contributed by atoms with Crippen LogP contribution in [0.3, 0.4) is 0 Å². The van der Waals surface area contributed by atoms with Crippen LogP contribution in [0.1, 0.15) is 33.6 Å². The lowest BCUT2D eigenvalue weighted by atomic mass is 9.97. The molecule has 2 heterocycles. The van der Waals surface area contributed by atoms with Crippen molar-refractivity contribution in [1.29, 1.82) is 0 Å². The Balaban J connectivity index is 2.27. The summed E-state index contributed by atoms with van der Waals surface area (Å²) in [7, 11) is 3.69. The first kappa shape index (κ1) is 20.7. The molecule has 0 aliphatic carbocycles. The van der Waals surface area contributed by atoms with Crippen molar-refractivity contribution in [1.82, 2.24) is 20.9 Å². The van der Waals surface area contributed by atoms with Gasteiger partial charge in [0, 0.05) is 45.4 Å². The van der Waals surface area contributed by atoms with Crippen LogP contribution >= 0.6 is 0 Å². The van der Waals surface area contributed by atoms with E-state index in [0.717, 1.165) is 35.8 Å². The molecule has 0 unspecified atom stereocenters. The molecule has 0 aromatic rings. The molecule has 1 saturated heterocycles. The maximum atomic E-state index is 12.8. The summed E-state index contributed by atoms with van der Waals surface area (Å²) in [6.45, 7) is 8.00. The minimum absolute atomic E-state index is 0.0507. The lowest BCUT2D eigenvalue weighted by Gasteiger charge is -2.31. The topological polar surface area (TPSA) is 81.1 Å². The third-order valence-corrected chi connectivity index (χ3v) is 4.94. The van der Waals surface area contributed by atoms with Gasteiger partial charge in [0.15, 0.2) is 0 Å². The van der Waals surface area contributed by atoms with E-state index in [1.54, 1.807) is 4.90 Å². The molecule has 1 atom stereocenters. The molecule has 7 nitrogen and oxygen atoms in total. The number of carbonyl (C=O) groups excluding carboxylic acids is 1. The maximum Gasteiger partial charge on any atom is 0.249 e. The van der Waals surface area contributed by atoms with Gasteiger partial charge in [-0.2, -0.15) is 0 Å². The third kappa shape index (κ3) is 4.99. The lowest BCUT2D eigenvalue weighted by molar-refractivity contribution is -0.134. The van der Waals surface area contributed by atoms with E-state index in [1.807, 2.05) is 53.4 Å². The van der Waals surface area contributed by atoms with Crippen molar-refractivity contribution in [3.63, 3.8) is 0 Å². The summed E-state index contributed by atoms with van der Waals surface area (Å²) < 4.78 is 0. The van der Waals surface area contributed by atoms with Gasteiger partial charge in [0.1, 0.15) is 17.2 Å². The van der Waals surface area contributed by atoms with Crippen LogP contribution in [0.4, 0.5) is 0 Å². The minimum atomic E-state index is -0.752. The zero-order valence-electron chi connectivity index (χ0n) is 17.1. The molecule has 2 rings (SSSR count). The highest BCUT2D eigenvalue weighted by atomic mass is 16.2. The van der Waals surface area contributed by atoms with Crippen molar-refractivity contribution < 1.29 is 4.79 Å². The van der Waals surface area contributed by atoms with Crippen LogP contribution in [0.15, 0.2) is 45.3 Å². The molecule has 27 heavy (non-hydrogen) atoms. The van der Waals surface area contributed by atoms with Crippen molar-refractivity contribution in [3.8, 4) is 0 Å². The van der Waals surface area contributed by atoms with E-state index in [1.165, 1.54) is 0 Å². The van der Waals surface area contributed by atoms with E-state index in [0.29, 0.717) is 19.5 Å². The maximum absolute atomic E-state index is 12.8. The Morgan fingerprint density at radius 1 is 1.48 bits per heavy atom. The fourth-order valence-electron chi connectivity index (χ4n) is 2.97. The summed E-state index contributed by atoms with van der Waals surface area (Å²) in [4.78, 5) is 23.7. The average molecular weight is 373 g/mol. The van der Waals surface area contributed by atoms with Gasteiger partial charge in [0.05, 0.1) is 6.54 Å². The number of hydrogen-bond acceptors (Lipinski definition) is 5. The highest BCUT2D eigenvalue weighted by molar-refractivity contribution is 5.94. The Morgan fingerprint density at radius 2 is 2.26 bits per heavy atom. The first-order chi connectivity index (χ1) is 12.9. The molecule has 0 saturated carbocycles. The van der Waals surface area contributed by atoms with Crippen molar-refractivity contribution in [2.24, 2.45) is 9.98 Å². The van der Waals surface area contributed by atoms with Crippen LogP contribution in [0.5, 0.6) is 0 Å². The van der Waals surface area contributed by atoms with Crippen molar-refractivity contribution >= 4 is 18.0 Å². The molecule has 0 bridgehead atoms. The van der Waals surface area contributed by atoms with E-state index in [9.17, 15) is 4.79 Å². The Hall–Kier alpha value is -2.57. The summed E-state index contributed by atoms with van der Waals surface area (Å²) in [5.41, 5.74) is 1.43. The van der Waals surface area contributed by atoms with Gasteiger partial charge < -0.3 is 20.9 Å². The number of nitrogens with zero attached hydrogens (tertiary/aromatic N) is 3. The number of hydrogen-bond donors (Lipinski definition) is 3. The van der Waals surface area contributed by atoms with Crippen LogP contribution in [0.2, 0.25) is 0 Å². The summed E-state index contributed by atoms with van der Waals surface area (Å²) in [6, 6.07) is 0. The molecule has 3 N–H and O–H groups in total. The second kappa shape index (κ2) is 9.39. The molecular weight excluding hydrogens is 340 g/mol. The molecule has 0 radical (unpaired) electrons. The lowest BCUT2D eigenvalue weighted by Crippen LogP contribution is -2.47. The van der Waals surface area contributed by atoms with Crippen molar-refractivity contribution in [3.05, 3.63) is 35.3 Å². The summed E-state index contributed by atoms with van der Waals surface area (Å²) >= 11 is 0. The van der Waals surface area contributed by atoms with Gasteiger partial charge in [0.25, 0.3) is 0 Å². The van der Waals surface area contributed by atoms with Crippen molar-refractivity contribution in [2.75, 3.05) is 33.7 Å².